The Morgan fingerprint density at radius 3 is 2.54 bits per heavy atom. The number of carbonyl (C=O) groups is 2. The Bertz CT molecular complexity index is 772. The number of carbonyl (C=O) groups excluding carboxylic acids is 2. The summed E-state index contributed by atoms with van der Waals surface area (Å²) in [5.41, 5.74) is 0.269. The predicted molar refractivity (Wildman–Crippen MR) is 103 cm³/mol. The number of rotatable bonds is 3. The van der Waals surface area contributed by atoms with Gasteiger partial charge in [-0.15, -0.1) is 0 Å². The van der Waals surface area contributed by atoms with Crippen LogP contribution in [0, 0.1) is 11.8 Å². The van der Waals surface area contributed by atoms with Crippen molar-refractivity contribution in [1.82, 2.24) is 0 Å². The minimum atomic E-state index is -1.07. The zero-order valence-electron chi connectivity index (χ0n) is 16.0. The number of cyclic esters (lactones) is 1. The van der Waals surface area contributed by atoms with Gasteiger partial charge < -0.3 is 19.7 Å². The van der Waals surface area contributed by atoms with Gasteiger partial charge in [0.2, 0.25) is 0 Å². The van der Waals surface area contributed by atoms with Gasteiger partial charge in [-0.25, -0.2) is 4.79 Å². The third-order valence-electron chi connectivity index (χ3n) is 5.22. The fraction of sp³-hybridized carbons (Fsp3) is 0.455. The molecular formula is C22H26O6. The van der Waals surface area contributed by atoms with Crippen LogP contribution >= 0.6 is 0 Å². The van der Waals surface area contributed by atoms with Crippen molar-refractivity contribution < 1.29 is 29.3 Å². The molecule has 0 aromatic rings. The smallest absolute Gasteiger partial charge is 0.338 e. The zero-order chi connectivity index (χ0) is 20.3. The summed E-state index contributed by atoms with van der Waals surface area (Å²) < 4.78 is 11.4. The van der Waals surface area contributed by atoms with E-state index in [1.807, 2.05) is 25.2 Å². The van der Waals surface area contributed by atoms with Crippen LogP contribution in [0.3, 0.4) is 0 Å². The fourth-order valence-electron chi connectivity index (χ4n) is 4.01. The Morgan fingerprint density at radius 2 is 1.79 bits per heavy atom. The Balaban J connectivity index is 2.02. The van der Waals surface area contributed by atoms with Crippen molar-refractivity contribution in [2.75, 3.05) is 0 Å². The average Bonchev–Trinajstić information content (AvgIpc) is 2.98. The number of ketones is 1. The first-order valence-electron chi connectivity index (χ1n) is 9.58. The van der Waals surface area contributed by atoms with Crippen LogP contribution in [0.1, 0.15) is 26.7 Å². The van der Waals surface area contributed by atoms with Crippen LogP contribution in [-0.4, -0.2) is 46.4 Å². The molecule has 3 aliphatic rings. The lowest BCUT2D eigenvalue weighted by molar-refractivity contribution is -0.147. The summed E-state index contributed by atoms with van der Waals surface area (Å²) in [5, 5.41) is 20.9. The highest BCUT2D eigenvalue weighted by Gasteiger charge is 2.51. The molecule has 1 aliphatic carbocycles. The molecule has 2 N–H and O–H groups in total. The van der Waals surface area contributed by atoms with Crippen LogP contribution in [-0.2, 0) is 19.1 Å². The van der Waals surface area contributed by atoms with Crippen LogP contribution < -0.4 is 0 Å². The van der Waals surface area contributed by atoms with Crippen LogP contribution in [0.5, 0.6) is 0 Å². The first kappa shape index (κ1) is 20.3. The number of aliphatic hydroxyl groups excluding tert-OH is 2. The highest BCUT2D eigenvalue weighted by Crippen LogP contribution is 2.43. The molecule has 6 heteroatoms. The Kier molecular flexibility index (Phi) is 6.31. The minimum Gasteiger partial charge on any atom is -0.485 e. The normalized spacial score (nSPS) is 36.3. The van der Waals surface area contributed by atoms with Gasteiger partial charge in [-0.2, -0.15) is 0 Å². The van der Waals surface area contributed by atoms with Crippen molar-refractivity contribution in [2.24, 2.45) is 11.8 Å². The largest absolute Gasteiger partial charge is 0.485 e. The maximum Gasteiger partial charge on any atom is 0.338 e. The van der Waals surface area contributed by atoms with Crippen molar-refractivity contribution in [3.05, 3.63) is 59.9 Å². The van der Waals surface area contributed by atoms with Gasteiger partial charge in [0, 0.05) is 18.8 Å². The molecule has 0 saturated carbocycles. The molecule has 2 heterocycles. The summed E-state index contributed by atoms with van der Waals surface area (Å²) in [6, 6.07) is 0. The van der Waals surface area contributed by atoms with Crippen molar-refractivity contribution in [3.8, 4) is 0 Å². The third kappa shape index (κ3) is 4.18. The monoisotopic (exact) mass is 386 g/mol. The summed E-state index contributed by atoms with van der Waals surface area (Å²) in [6.45, 7) is 3.61. The van der Waals surface area contributed by atoms with Gasteiger partial charge in [0.25, 0.3) is 0 Å². The van der Waals surface area contributed by atoms with E-state index in [1.54, 1.807) is 31.2 Å². The van der Waals surface area contributed by atoms with Crippen LogP contribution in [0.4, 0.5) is 0 Å². The average molecular weight is 386 g/mol. The van der Waals surface area contributed by atoms with Gasteiger partial charge in [0.15, 0.2) is 5.78 Å². The lowest BCUT2D eigenvalue weighted by atomic mass is 9.72. The van der Waals surface area contributed by atoms with Gasteiger partial charge in [-0.3, -0.25) is 4.79 Å². The molecule has 28 heavy (non-hydrogen) atoms. The number of allylic oxidation sites excluding steroid dienone is 7. The standard InChI is InChI=1S/C22H26O6/c1-3-4-5-6-7-8-17-21-20-18(28-17)10-9-15(24)19(20)16(25)12-14(23)11-13(2)27-22(21)26/h3-10,13-14,16,18-20,23,25H,11-12H2,1-2H3/b4-3+,6-5+,8-7+/t13-,14+,16?,18-,19-,20-/m0/s1. The quantitative estimate of drug-likeness (QED) is 0.570. The van der Waals surface area contributed by atoms with E-state index in [0.29, 0.717) is 5.76 Å². The summed E-state index contributed by atoms with van der Waals surface area (Å²) >= 11 is 0. The molecule has 0 amide bonds. The van der Waals surface area contributed by atoms with Gasteiger partial charge >= 0.3 is 5.97 Å². The summed E-state index contributed by atoms with van der Waals surface area (Å²) in [7, 11) is 0. The lowest BCUT2D eigenvalue weighted by Crippen LogP contribution is -2.45. The Labute approximate surface area is 164 Å². The second-order valence-electron chi connectivity index (χ2n) is 7.35. The highest BCUT2D eigenvalue weighted by molar-refractivity contribution is 5.98. The van der Waals surface area contributed by atoms with Crippen LogP contribution in [0.25, 0.3) is 0 Å². The van der Waals surface area contributed by atoms with Crippen molar-refractivity contribution in [1.29, 1.82) is 0 Å². The zero-order valence-corrected chi connectivity index (χ0v) is 16.0. The van der Waals surface area contributed by atoms with E-state index in [-0.39, 0.29) is 24.2 Å². The van der Waals surface area contributed by atoms with Gasteiger partial charge in [-0.05, 0) is 32.1 Å². The highest BCUT2D eigenvalue weighted by atomic mass is 16.5. The molecule has 0 radical (unpaired) electrons. The maximum absolute atomic E-state index is 12.9. The fourth-order valence-corrected chi connectivity index (χ4v) is 4.01. The number of ether oxygens (including phenoxy) is 2. The molecule has 6 atom stereocenters. The maximum atomic E-state index is 12.9. The summed E-state index contributed by atoms with van der Waals surface area (Å²) in [6.07, 6.45) is 11.1. The summed E-state index contributed by atoms with van der Waals surface area (Å²) in [5.74, 6) is -2.01. The first-order chi connectivity index (χ1) is 13.4. The molecule has 0 aromatic carbocycles. The second-order valence-corrected chi connectivity index (χ2v) is 7.35. The van der Waals surface area contributed by atoms with Crippen LogP contribution in [0.2, 0.25) is 0 Å². The second kappa shape index (κ2) is 8.71. The van der Waals surface area contributed by atoms with Crippen LogP contribution in [0.15, 0.2) is 59.9 Å². The lowest BCUT2D eigenvalue weighted by Gasteiger charge is -2.34. The van der Waals surface area contributed by atoms with Gasteiger partial charge in [0.1, 0.15) is 18.0 Å². The summed E-state index contributed by atoms with van der Waals surface area (Å²) in [4.78, 5) is 25.4. The van der Waals surface area contributed by atoms with E-state index in [9.17, 15) is 19.8 Å². The molecule has 0 bridgehead atoms. The first-order valence-corrected chi connectivity index (χ1v) is 9.58. The minimum absolute atomic E-state index is 0.0416. The van der Waals surface area contributed by atoms with E-state index in [2.05, 4.69) is 0 Å². The number of esters is 1. The number of hydrogen-bond donors (Lipinski definition) is 2. The predicted octanol–water partition coefficient (Wildman–Crippen LogP) is 2.15. The molecule has 2 aliphatic heterocycles. The Hall–Kier alpha value is -2.44. The van der Waals surface area contributed by atoms with E-state index in [1.165, 1.54) is 6.08 Å². The number of hydrogen-bond acceptors (Lipinski definition) is 6. The van der Waals surface area contributed by atoms with E-state index < -0.39 is 42.2 Å². The molecular weight excluding hydrogens is 360 g/mol. The van der Waals surface area contributed by atoms with Crippen molar-refractivity contribution in [3.63, 3.8) is 0 Å². The van der Waals surface area contributed by atoms with Gasteiger partial charge in [-0.1, -0.05) is 30.4 Å². The van der Waals surface area contributed by atoms with E-state index in [4.69, 9.17) is 9.47 Å². The third-order valence-corrected chi connectivity index (χ3v) is 5.22. The van der Waals surface area contributed by atoms with Gasteiger partial charge in [0.05, 0.1) is 23.7 Å². The molecule has 150 valence electrons. The molecule has 0 aromatic heterocycles. The molecule has 6 nitrogen and oxygen atoms in total. The van der Waals surface area contributed by atoms with E-state index >= 15 is 0 Å². The van der Waals surface area contributed by atoms with E-state index in [0.717, 1.165) is 0 Å². The topological polar surface area (TPSA) is 93.1 Å². The molecule has 0 spiro atoms. The SMILES string of the molecule is C/C=C/C=C/C=C/C1=C2C(=O)O[C@@H](C)C[C@@H](O)CC(O)[C@@H]3C(=O)C=C[C@H](O1)[C@H]23. The number of aliphatic hydroxyl groups is 2. The van der Waals surface area contributed by atoms with Crippen molar-refractivity contribution in [2.45, 2.75) is 51.1 Å². The molecule has 1 fully saturated rings. The van der Waals surface area contributed by atoms with Crippen molar-refractivity contribution >= 4 is 11.8 Å². The Morgan fingerprint density at radius 1 is 1.04 bits per heavy atom. The molecule has 3 rings (SSSR count). The molecule has 1 unspecified atom stereocenters. The molecule has 1 saturated heterocycles.